The minimum absolute atomic E-state index is 0.109. The van der Waals surface area contributed by atoms with Gasteiger partial charge in [0.05, 0.1) is 5.56 Å². The molecule has 106 valence electrons. The van der Waals surface area contributed by atoms with Crippen LogP contribution in [0.1, 0.15) is 25.0 Å². The van der Waals surface area contributed by atoms with Gasteiger partial charge in [0.25, 0.3) is 0 Å². The van der Waals surface area contributed by atoms with Crippen molar-refractivity contribution >= 4 is 11.5 Å². The first-order valence-corrected chi connectivity index (χ1v) is 5.89. The van der Waals surface area contributed by atoms with Crippen molar-refractivity contribution in [1.82, 2.24) is 0 Å². The Morgan fingerprint density at radius 3 is 2.37 bits per heavy atom. The molecule has 0 aliphatic heterocycles. The van der Waals surface area contributed by atoms with Crippen molar-refractivity contribution < 1.29 is 13.2 Å². The molecule has 0 saturated heterocycles. The van der Waals surface area contributed by atoms with E-state index in [1.54, 1.807) is 7.05 Å². The monoisotopic (exact) mass is 273 g/mol. The van der Waals surface area contributed by atoms with E-state index < -0.39 is 11.7 Å². The molecule has 0 spiro atoms. The average molecular weight is 273 g/mol. The molecule has 0 saturated carbocycles. The zero-order chi connectivity index (χ0) is 14.8. The Bertz CT molecular complexity index is 467. The normalized spacial score (nSPS) is 11.7. The van der Waals surface area contributed by atoms with Crippen LogP contribution in [0.15, 0.2) is 18.2 Å². The average Bonchev–Trinajstić information content (AvgIpc) is 2.25. The van der Waals surface area contributed by atoms with E-state index in [2.05, 4.69) is 0 Å². The topological polar surface area (TPSA) is 53.1 Å². The molecule has 1 aromatic carbocycles. The van der Waals surface area contributed by atoms with E-state index in [-0.39, 0.29) is 11.4 Å². The number of rotatable bonds is 4. The second-order valence-corrected chi connectivity index (χ2v) is 4.92. The van der Waals surface area contributed by atoms with Gasteiger partial charge in [-0.25, -0.2) is 0 Å². The number of amidine groups is 1. The van der Waals surface area contributed by atoms with Gasteiger partial charge < -0.3 is 10.6 Å². The minimum atomic E-state index is -4.43. The Morgan fingerprint density at radius 1 is 1.37 bits per heavy atom. The second-order valence-electron chi connectivity index (χ2n) is 4.92. The number of nitrogen functional groups attached to an aromatic ring is 1. The molecule has 0 heterocycles. The fraction of sp³-hybridized carbons (Fsp3) is 0.462. The molecule has 0 aromatic heterocycles. The predicted octanol–water partition coefficient (Wildman–Crippen LogP) is 3.08. The van der Waals surface area contributed by atoms with Crippen LogP contribution < -0.4 is 10.6 Å². The van der Waals surface area contributed by atoms with Gasteiger partial charge in [-0.15, -0.1) is 0 Å². The Labute approximate surface area is 110 Å². The SMILES string of the molecule is CC(C)CN(C)c1ccc(C(F)(F)F)cc1C(=N)N. The maximum Gasteiger partial charge on any atom is 0.416 e. The minimum Gasteiger partial charge on any atom is -0.384 e. The van der Waals surface area contributed by atoms with Gasteiger partial charge >= 0.3 is 6.18 Å². The summed E-state index contributed by atoms with van der Waals surface area (Å²) in [6.07, 6.45) is -4.43. The molecule has 6 heteroatoms. The van der Waals surface area contributed by atoms with Crippen LogP contribution in [0.2, 0.25) is 0 Å². The van der Waals surface area contributed by atoms with E-state index in [0.717, 1.165) is 12.1 Å². The highest BCUT2D eigenvalue weighted by molar-refractivity contribution is 6.00. The highest BCUT2D eigenvalue weighted by Crippen LogP contribution is 2.32. The number of halogens is 3. The Hall–Kier alpha value is -1.72. The van der Waals surface area contributed by atoms with Gasteiger partial charge in [0, 0.05) is 24.8 Å². The lowest BCUT2D eigenvalue weighted by Crippen LogP contribution is -2.26. The lowest BCUT2D eigenvalue weighted by molar-refractivity contribution is -0.137. The van der Waals surface area contributed by atoms with Crippen LogP contribution in [0.5, 0.6) is 0 Å². The van der Waals surface area contributed by atoms with E-state index in [9.17, 15) is 13.2 Å². The first-order chi connectivity index (χ1) is 8.62. The molecule has 0 radical (unpaired) electrons. The third kappa shape index (κ3) is 3.87. The maximum absolute atomic E-state index is 12.6. The van der Waals surface area contributed by atoms with Crippen LogP contribution in [0.3, 0.4) is 0 Å². The van der Waals surface area contributed by atoms with Gasteiger partial charge in [-0.2, -0.15) is 13.2 Å². The molecule has 0 fully saturated rings. The summed E-state index contributed by atoms with van der Waals surface area (Å²) in [4.78, 5) is 1.81. The van der Waals surface area contributed by atoms with Crippen LogP contribution in [0.4, 0.5) is 18.9 Å². The first-order valence-electron chi connectivity index (χ1n) is 5.89. The smallest absolute Gasteiger partial charge is 0.384 e. The Morgan fingerprint density at radius 2 is 1.95 bits per heavy atom. The molecule has 0 unspecified atom stereocenters. The van der Waals surface area contributed by atoms with Gasteiger partial charge in [-0.1, -0.05) is 13.8 Å². The quantitative estimate of drug-likeness (QED) is 0.654. The summed E-state index contributed by atoms with van der Waals surface area (Å²) in [5.74, 6) is -0.0104. The predicted molar refractivity (Wildman–Crippen MR) is 70.6 cm³/mol. The highest BCUT2D eigenvalue weighted by Gasteiger charge is 2.31. The summed E-state index contributed by atoms with van der Waals surface area (Å²) < 4.78 is 37.9. The molecule has 0 amide bonds. The van der Waals surface area contributed by atoms with E-state index >= 15 is 0 Å². The van der Waals surface area contributed by atoms with Crippen LogP contribution >= 0.6 is 0 Å². The van der Waals surface area contributed by atoms with Gasteiger partial charge in [0.15, 0.2) is 0 Å². The van der Waals surface area contributed by atoms with Gasteiger partial charge in [-0.05, 0) is 24.1 Å². The summed E-state index contributed by atoms with van der Waals surface area (Å²) >= 11 is 0. The molecule has 0 aliphatic carbocycles. The van der Waals surface area contributed by atoms with Crippen LogP contribution in [0.25, 0.3) is 0 Å². The molecule has 3 nitrogen and oxygen atoms in total. The van der Waals surface area contributed by atoms with E-state index in [1.165, 1.54) is 6.07 Å². The zero-order valence-corrected chi connectivity index (χ0v) is 11.2. The molecule has 0 bridgehead atoms. The fourth-order valence-electron chi connectivity index (χ4n) is 1.91. The lowest BCUT2D eigenvalue weighted by atomic mass is 10.1. The van der Waals surface area contributed by atoms with Crippen LogP contribution in [-0.2, 0) is 6.18 Å². The Kier molecular flexibility index (Phi) is 4.44. The highest BCUT2D eigenvalue weighted by atomic mass is 19.4. The molecule has 0 aliphatic rings. The number of nitrogens with one attached hydrogen (secondary N) is 1. The summed E-state index contributed by atoms with van der Waals surface area (Å²) in [5.41, 5.74) is 5.24. The van der Waals surface area contributed by atoms with Gasteiger partial charge in [0.2, 0.25) is 0 Å². The van der Waals surface area contributed by atoms with Crippen molar-refractivity contribution in [2.75, 3.05) is 18.5 Å². The molecule has 0 atom stereocenters. The van der Waals surface area contributed by atoms with Crippen molar-refractivity contribution in [3.63, 3.8) is 0 Å². The third-order valence-electron chi connectivity index (χ3n) is 2.66. The lowest BCUT2D eigenvalue weighted by Gasteiger charge is -2.24. The second kappa shape index (κ2) is 5.50. The number of anilines is 1. The summed E-state index contributed by atoms with van der Waals surface area (Å²) in [5, 5.41) is 7.44. The van der Waals surface area contributed by atoms with Gasteiger partial charge in [-0.3, -0.25) is 5.41 Å². The molecule has 1 rings (SSSR count). The van der Waals surface area contributed by atoms with E-state index in [1.807, 2.05) is 18.7 Å². The van der Waals surface area contributed by atoms with E-state index in [0.29, 0.717) is 18.2 Å². The maximum atomic E-state index is 12.6. The number of benzene rings is 1. The van der Waals surface area contributed by atoms with Crippen molar-refractivity contribution in [2.24, 2.45) is 11.7 Å². The third-order valence-corrected chi connectivity index (χ3v) is 2.66. The van der Waals surface area contributed by atoms with Crippen molar-refractivity contribution in [1.29, 1.82) is 5.41 Å². The molecule has 19 heavy (non-hydrogen) atoms. The zero-order valence-electron chi connectivity index (χ0n) is 11.2. The van der Waals surface area contributed by atoms with Crippen LogP contribution in [-0.4, -0.2) is 19.4 Å². The van der Waals surface area contributed by atoms with Crippen molar-refractivity contribution in [3.8, 4) is 0 Å². The number of nitrogens with zero attached hydrogens (tertiary/aromatic N) is 1. The fourth-order valence-corrected chi connectivity index (χ4v) is 1.91. The first kappa shape index (κ1) is 15.3. The summed E-state index contributed by atoms with van der Waals surface area (Å²) in [6, 6.07) is 3.30. The number of hydrogen-bond acceptors (Lipinski definition) is 2. The molecular formula is C13H18F3N3. The van der Waals surface area contributed by atoms with Crippen LogP contribution in [0, 0.1) is 11.3 Å². The van der Waals surface area contributed by atoms with Crippen molar-refractivity contribution in [2.45, 2.75) is 20.0 Å². The van der Waals surface area contributed by atoms with E-state index in [4.69, 9.17) is 11.1 Å². The summed E-state index contributed by atoms with van der Waals surface area (Å²) in [7, 11) is 1.77. The number of hydrogen-bond donors (Lipinski definition) is 2. The Balaban J connectivity index is 3.23. The number of nitrogens with two attached hydrogens (primary N) is 1. The summed E-state index contributed by atoms with van der Waals surface area (Å²) in [6.45, 7) is 4.69. The van der Waals surface area contributed by atoms with Crippen molar-refractivity contribution in [3.05, 3.63) is 29.3 Å². The molecule has 3 N–H and O–H groups in total. The largest absolute Gasteiger partial charge is 0.416 e. The number of alkyl halides is 3. The standard InChI is InChI=1S/C13H18F3N3/c1-8(2)7-19(3)11-5-4-9(13(14,15)16)6-10(11)12(17)18/h4-6,8H,7H2,1-3H3,(H3,17,18). The molecule has 1 aromatic rings. The molecular weight excluding hydrogens is 255 g/mol. The van der Waals surface area contributed by atoms with Gasteiger partial charge in [0.1, 0.15) is 5.84 Å².